The minimum Gasteiger partial charge on any atom is -0.343 e. The Morgan fingerprint density at radius 2 is 2.29 bits per heavy atom. The number of benzene rings is 1. The van der Waals surface area contributed by atoms with Gasteiger partial charge in [0.05, 0.1) is 6.04 Å². The van der Waals surface area contributed by atoms with E-state index < -0.39 is 6.04 Å². The maximum atomic E-state index is 5.89. The predicted octanol–water partition coefficient (Wildman–Crippen LogP) is 1.77. The summed E-state index contributed by atoms with van der Waals surface area (Å²) in [5.41, 5.74) is 6.75. The largest absolute Gasteiger partial charge is 0.343 e. The van der Waals surface area contributed by atoms with E-state index in [1.165, 1.54) is 6.39 Å². The molecule has 4 nitrogen and oxygen atoms in total. The Morgan fingerprint density at radius 3 is 2.93 bits per heavy atom. The van der Waals surface area contributed by atoms with Crippen LogP contribution in [0.4, 0.5) is 0 Å². The topological polar surface area (TPSA) is 64.9 Å². The highest BCUT2D eigenvalue weighted by molar-refractivity contribution is 6.30. The first kappa shape index (κ1) is 9.18. The summed E-state index contributed by atoms with van der Waals surface area (Å²) in [6, 6.07) is 6.87. The van der Waals surface area contributed by atoms with Crippen molar-refractivity contribution in [2.24, 2.45) is 5.73 Å². The van der Waals surface area contributed by atoms with Gasteiger partial charge in [-0.3, -0.25) is 0 Å². The van der Waals surface area contributed by atoms with E-state index in [0.717, 1.165) is 5.56 Å². The Bertz CT molecular complexity index is 416. The van der Waals surface area contributed by atoms with Gasteiger partial charge in [0.25, 0.3) is 0 Å². The van der Waals surface area contributed by atoms with Gasteiger partial charge in [-0.2, -0.15) is 4.98 Å². The van der Waals surface area contributed by atoms with E-state index in [1.807, 2.05) is 12.1 Å². The van der Waals surface area contributed by atoms with Gasteiger partial charge in [0, 0.05) is 5.02 Å². The van der Waals surface area contributed by atoms with Crippen molar-refractivity contribution < 1.29 is 4.52 Å². The molecule has 14 heavy (non-hydrogen) atoms. The Kier molecular flexibility index (Phi) is 2.47. The molecule has 0 aliphatic rings. The van der Waals surface area contributed by atoms with Crippen LogP contribution in [0.15, 0.2) is 35.2 Å². The fraction of sp³-hybridized carbons (Fsp3) is 0.111. The fourth-order valence-corrected chi connectivity index (χ4v) is 1.36. The molecule has 2 aromatic rings. The highest BCUT2D eigenvalue weighted by atomic mass is 35.5. The molecule has 0 aliphatic carbocycles. The summed E-state index contributed by atoms with van der Waals surface area (Å²) in [5.74, 6) is 0.451. The van der Waals surface area contributed by atoms with Crippen molar-refractivity contribution >= 4 is 11.6 Å². The molecule has 1 heterocycles. The first-order valence-electron chi connectivity index (χ1n) is 4.04. The van der Waals surface area contributed by atoms with Crippen LogP contribution < -0.4 is 5.73 Å². The van der Waals surface area contributed by atoms with Crippen LogP contribution >= 0.6 is 11.6 Å². The molecule has 2 N–H and O–H groups in total. The Labute approximate surface area is 85.7 Å². The van der Waals surface area contributed by atoms with E-state index in [4.69, 9.17) is 17.3 Å². The zero-order valence-electron chi connectivity index (χ0n) is 7.22. The average molecular weight is 210 g/mol. The third-order valence-corrected chi connectivity index (χ3v) is 2.10. The number of nitrogens with two attached hydrogens (primary N) is 1. The Balaban J connectivity index is 2.32. The lowest BCUT2D eigenvalue weighted by Crippen LogP contribution is -2.13. The SMILES string of the molecule is NC(c1cccc(Cl)c1)c1ncon1. The van der Waals surface area contributed by atoms with Gasteiger partial charge in [-0.15, -0.1) is 0 Å². The Hall–Kier alpha value is -1.39. The second-order valence-electron chi connectivity index (χ2n) is 2.82. The third-order valence-electron chi connectivity index (χ3n) is 1.86. The lowest BCUT2D eigenvalue weighted by Gasteiger charge is -2.06. The van der Waals surface area contributed by atoms with Gasteiger partial charge in [0.2, 0.25) is 6.39 Å². The number of hydrogen-bond acceptors (Lipinski definition) is 4. The molecule has 1 aromatic carbocycles. The van der Waals surface area contributed by atoms with Crippen LogP contribution in [0, 0.1) is 0 Å². The van der Waals surface area contributed by atoms with Crippen LogP contribution in [0.5, 0.6) is 0 Å². The van der Waals surface area contributed by atoms with Crippen LogP contribution in [0.2, 0.25) is 5.02 Å². The van der Waals surface area contributed by atoms with Crippen LogP contribution in [0.3, 0.4) is 0 Å². The first-order chi connectivity index (χ1) is 6.77. The maximum absolute atomic E-state index is 5.89. The van der Waals surface area contributed by atoms with Gasteiger partial charge in [-0.25, -0.2) is 0 Å². The van der Waals surface area contributed by atoms with Crippen molar-refractivity contribution in [2.45, 2.75) is 6.04 Å². The molecule has 0 radical (unpaired) electrons. The first-order valence-corrected chi connectivity index (χ1v) is 4.42. The second kappa shape index (κ2) is 3.77. The minimum absolute atomic E-state index is 0.396. The van der Waals surface area contributed by atoms with Gasteiger partial charge >= 0.3 is 0 Å². The molecule has 5 heteroatoms. The van der Waals surface area contributed by atoms with E-state index in [2.05, 4.69) is 14.7 Å². The molecule has 1 atom stereocenters. The summed E-state index contributed by atoms with van der Waals surface area (Å²) < 4.78 is 4.61. The summed E-state index contributed by atoms with van der Waals surface area (Å²) >= 11 is 5.83. The zero-order valence-corrected chi connectivity index (χ0v) is 7.98. The second-order valence-corrected chi connectivity index (χ2v) is 3.26. The van der Waals surface area contributed by atoms with E-state index in [-0.39, 0.29) is 0 Å². The summed E-state index contributed by atoms with van der Waals surface area (Å²) in [6.45, 7) is 0. The molecule has 0 saturated heterocycles. The summed E-state index contributed by atoms with van der Waals surface area (Å²) in [4.78, 5) is 3.88. The number of halogens is 1. The molecule has 72 valence electrons. The molecule has 0 saturated carbocycles. The highest BCUT2D eigenvalue weighted by Gasteiger charge is 2.13. The Morgan fingerprint density at radius 1 is 1.43 bits per heavy atom. The van der Waals surface area contributed by atoms with Gasteiger partial charge in [-0.05, 0) is 17.7 Å². The van der Waals surface area contributed by atoms with Crippen LogP contribution in [-0.2, 0) is 0 Å². The molecule has 0 fully saturated rings. The monoisotopic (exact) mass is 209 g/mol. The molecule has 1 unspecified atom stereocenters. The summed E-state index contributed by atoms with van der Waals surface area (Å²) in [6.07, 6.45) is 1.25. The van der Waals surface area contributed by atoms with Crippen LogP contribution in [0.1, 0.15) is 17.4 Å². The van der Waals surface area contributed by atoms with Crippen molar-refractivity contribution in [1.29, 1.82) is 0 Å². The minimum atomic E-state index is -0.396. The van der Waals surface area contributed by atoms with Crippen molar-refractivity contribution in [2.75, 3.05) is 0 Å². The van der Waals surface area contributed by atoms with Crippen molar-refractivity contribution in [3.05, 3.63) is 47.1 Å². The number of hydrogen-bond donors (Lipinski definition) is 1. The van der Waals surface area contributed by atoms with Gasteiger partial charge < -0.3 is 10.3 Å². The van der Waals surface area contributed by atoms with E-state index in [1.54, 1.807) is 12.1 Å². The fourth-order valence-electron chi connectivity index (χ4n) is 1.16. The normalized spacial score (nSPS) is 12.7. The number of aromatic nitrogens is 2. The quantitative estimate of drug-likeness (QED) is 0.819. The molecule has 0 spiro atoms. The predicted molar refractivity (Wildman–Crippen MR) is 51.8 cm³/mol. The summed E-state index contributed by atoms with van der Waals surface area (Å²) in [7, 11) is 0. The van der Waals surface area contributed by atoms with Gasteiger partial charge in [-0.1, -0.05) is 28.9 Å². The molecular weight excluding hydrogens is 202 g/mol. The van der Waals surface area contributed by atoms with Gasteiger partial charge in [0.15, 0.2) is 5.82 Å². The van der Waals surface area contributed by atoms with Crippen molar-refractivity contribution in [1.82, 2.24) is 10.1 Å². The van der Waals surface area contributed by atoms with E-state index >= 15 is 0 Å². The third kappa shape index (κ3) is 1.76. The highest BCUT2D eigenvalue weighted by Crippen LogP contribution is 2.19. The van der Waals surface area contributed by atoms with E-state index in [9.17, 15) is 0 Å². The van der Waals surface area contributed by atoms with Crippen molar-refractivity contribution in [3.63, 3.8) is 0 Å². The average Bonchev–Trinajstić information content (AvgIpc) is 2.69. The van der Waals surface area contributed by atoms with Crippen LogP contribution in [-0.4, -0.2) is 10.1 Å². The molecule has 0 bridgehead atoms. The molecule has 0 amide bonds. The molecule has 0 aliphatic heterocycles. The summed E-state index contributed by atoms with van der Waals surface area (Å²) in [5, 5.41) is 4.31. The van der Waals surface area contributed by atoms with Crippen LogP contribution in [0.25, 0.3) is 0 Å². The smallest absolute Gasteiger partial charge is 0.213 e. The standard InChI is InChI=1S/C9H8ClN3O/c10-7-3-1-2-6(4-7)8(11)9-12-5-14-13-9/h1-5,8H,11H2. The maximum Gasteiger partial charge on any atom is 0.213 e. The van der Waals surface area contributed by atoms with E-state index in [0.29, 0.717) is 10.8 Å². The lowest BCUT2D eigenvalue weighted by molar-refractivity contribution is 0.407. The molecule has 2 rings (SSSR count). The number of rotatable bonds is 2. The molecule has 1 aromatic heterocycles. The van der Waals surface area contributed by atoms with Gasteiger partial charge in [0.1, 0.15) is 0 Å². The lowest BCUT2D eigenvalue weighted by atomic mass is 10.1. The van der Waals surface area contributed by atoms with Crippen molar-refractivity contribution in [3.8, 4) is 0 Å². The molecular formula is C9H8ClN3O. The number of nitrogens with zero attached hydrogens (tertiary/aromatic N) is 2. The zero-order chi connectivity index (χ0) is 9.97.